The molecule has 2 aromatic heterocycles. The van der Waals surface area contributed by atoms with Crippen molar-refractivity contribution in [2.45, 2.75) is 39.2 Å². The Morgan fingerprint density at radius 1 is 1.28 bits per heavy atom. The third kappa shape index (κ3) is 1.80. The van der Waals surface area contributed by atoms with Gasteiger partial charge >= 0.3 is 0 Å². The van der Waals surface area contributed by atoms with E-state index in [4.69, 9.17) is 0 Å². The van der Waals surface area contributed by atoms with Gasteiger partial charge in [0.25, 0.3) is 5.95 Å². The van der Waals surface area contributed by atoms with Crippen molar-refractivity contribution >= 4 is 0 Å². The van der Waals surface area contributed by atoms with Gasteiger partial charge in [0.05, 0.1) is 18.0 Å². The Hall–Kier alpha value is -1.75. The van der Waals surface area contributed by atoms with Crippen molar-refractivity contribution in [2.75, 3.05) is 0 Å². The normalized spacial score (nSPS) is 18.7. The van der Waals surface area contributed by atoms with Crippen LogP contribution in [0.1, 0.15) is 41.6 Å². The third-order valence-corrected chi connectivity index (χ3v) is 3.31. The second kappa shape index (κ2) is 4.17. The van der Waals surface area contributed by atoms with Crippen LogP contribution in [0, 0.1) is 13.8 Å². The molecule has 3 rings (SSSR count). The van der Waals surface area contributed by atoms with E-state index in [9.17, 15) is 5.11 Å². The zero-order valence-corrected chi connectivity index (χ0v) is 10.6. The van der Waals surface area contributed by atoms with Crippen LogP contribution in [0.25, 0.3) is 5.95 Å². The van der Waals surface area contributed by atoms with Crippen molar-refractivity contribution in [1.82, 2.24) is 19.7 Å². The summed E-state index contributed by atoms with van der Waals surface area (Å²) in [6.07, 6.45) is 4.05. The van der Waals surface area contributed by atoms with E-state index in [-0.39, 0.29) is 0 Å². The molecule has 1 N–H and O–H groups in total. The number of nitrogens with zero attached hydrogens (tertiary/aromatic N) is 4. The highest BCUT2D eigenvalue weighted by Crippen LogP contribution is 2.30. The number of aryl methyl sites for hydroxylation is 2. The molecule has 0 aromatic carbocycles. The van der Waals surface area contributed by atoms with Gasteiger partial charge < -0.3 is 5.11 Å². The fourth-order valence-corrected chi connectivity index (χ4v) is 2.51. The van der Waals surface area contributed by atoms with Crippen LogP contribution in [0.4, 0.5) is 0 Å². The standard InChI is InChI=1S/C13H16N4O/c1-8-6-9(2)16-13(15-8)17-11-4-3-5-12(18)10(11)7-14-17/h6-7,12,18H,3-5H2,1-2H3. The minimum atomic E-state index is -0.395. The van der Waals surface area contributed by atoms with Gasteiger partial charge in [-0.3, -0.25) is 0 Å². The summed E-state index contributed by atoms with van der Waals surface area (Å²) in [4.78, 5) is 8.83. The van der Waals surface area contributed by atoms with Crippen LogP contribution < -0.4 is 0 Å². The first-order chi connectivity index (χ1) is 8.65. The molecule has 0 amide bonds. The largest absolute Gasteiger partial charge is 0.388 e. The summed E-state index contributed by atoms with van der Waals surface area (Å²) in [6.45, 7) is 3.89. The fourth-order valence-electron chi connectivity index (χ4n) is 2.51. The number of aromatic nitrogens is 4. The summed E-state index contributed by atoms with van der Waals surface area (Å²) in [7, 11) is 0. The van der Waals surface area contributed by atoms with Gasteiger partial charge in [-0.25, -0.2) is 14.6 Å². The van der Waals surface area contributed by atoms with Crippen LogP contribution in [0.5, 0.6) is 0 Å². The van der Waals surface area contributed by atoms with E-state index in [2.05, 4.69) is 15.1 Å². The van der Waals surface area contributed by atoms with Gasteiger partial charge in [0, 0.05) is 17.0 Å². The van der Waals surface area contributed by atoms with E-state index in [1.807, 2.05) is 19.9 Å². The van der Waals surface area contributed by atoms with E-state index in [0.29, 0.717) is 5.95 Å². The Balaban J connectivity index is 2.12. The molecule has 0 aliphatic heterocycles. The first-order valence-corrected chi connectivity index (χ1v) is 6.22. The molecule has 0 radical (unpaired) electrons. The van der Waals surface area contributed by atoms with E-state index >= 15 is 0 Å². The lowest BCUT2D eigenvalue weighted by atomic mass is 9.95. The van der Waals surface area contributed by atoms with Crippen LogP contribution >= 0.6 is 0 Å². The smallest absolute Gasteiger partial charge is 0.251 e. The molecule has 94 valence electrons. The lowest BCUT2D eigenvalue weighted by molar-refractivity contribution is 0.156. The number of rotatable bonds is 1. The van der Waals surface area contributed by atoms with Gasteiger partial charge in [0.2, 0.25) is 0 Å². The maximum Gasteiger partial charge on any atom is 0.251 e. The first kappa shape index (κ1) is 11.3. The lowest BCUT2D eigenvalue weighted by Crippen LogP contribution is -2.14. The average molecular weight is 244 g/mol. The minimum Gasteiger partial charge on any atom is -0.388 e. The summed E-state index contributed by atoms with van der Waals surface area (Å²) >= 11 is 0. The van der Waals surface area contributed by atoms with Crippen molar-refractivity contribution in [2.24, 2.45) is 0 Å². The number of fused-ring (bicyclic) bond motifs is 1. The van der Waals surface area contributed by atoms with Crippen LogP contribution in [0.15, 0.2) is 12.3 Å². The SMILES string of the molecule is Cc1cc(C)nc(-n2ncc3c2CCCC3O)n1. The monoisotopic (exact) mass is 244 g/mol. The Bertz CT molecular complexity index is 570. The molecule has 1 atom stereocenters. The quantitative estimate of drug-likeness (QED) is 0.828. The topological polar surface area (TPSA) is 63.8 Å². The van der Waals surface area contributed by atoms with Crippen LogP contribution in [0.2, 0.25) is 0 Å². The van der Waals surface area contributed by atoms with E-state index < -0.39 is 6.10 Å². The molecule has 1 aliphatic rings. The molecule has 2 aromatic rings. The van der Waals surface area contributed by atoms with Gasteiger partial charge in [-0.1, -0.05) is 0 Å². The van der Waals surface area contributed by atoms with Gasteiger partial charge in [-0.15, -0.1) is 0 Å². The molecule has 1 aliphatic carbocycles. The predicted octanol–water partition coefficient (Wildman–Crippen LogP) is 1.65. The van der Waals surface area contributed by atoms with E-state index in [0.717, 1.165) is 41.9 Å². The molecule has 5 heteroatoms. The molecule has 0 saturated heterocycles. The van der Waals surface area contributed by atoms with Crippen molar-refractivity contribution in [3.63, 3.8) is 0 Å². The molecule has 0 bridgehead atoms. The Morgan fingerprint density at radius 3 is 2.72 bits per heavy atom. The molecule has 0 saturated carbocycles. The van der Waals surface area contributed by atoms with E-state index in [1.54, 1.807) is 10.9 Å². The van der Waals surface area contributed by atoms with Gasteiger partial charge in [-0.2, -0.15) is 5.10 Å². The molecule has 1 unspecified atom stereocenters. The second-order valence-corrected chi connectivity index (χ2v) is 4.82. The lowest BCUT2D eigenvalue weighted by Gasteiger charge is -2.18. The minimum absolute atomic E-state index is 0.395. The van der Waals surface area contributed by atoms with Gasteiger partial charge in [0.15, 0.2) is 0 Å². The summed E-state index contributed by atoms with van der Waals surface area (Å²) in [5.74, 6) is 0.600. The summed E-state index contributed by atoms with van der Waals surface area (Å²) < 4.78 is 1.76. The highest BCUT2D eigenvalue weighted by atomic mass is 16.3. The second-order valence-electron chi connectivity index (χ2n) is 4.82. The Kier molecular flexibility index (Phi) is 2.63. The highest BCUT2D eigenvalue weighted by molar-refractivity contribution is 5.29. The molecular formula is C13H16N4O. The zero-order valence-electron chi connectivity index (χ0n) is 10.6. The predicted molar refractivity (Wildman–Crippen MR) is 66.5 cm³/mol. The van der Waals surface area contributed by atoms with Crippen LogP contribution in [-0.4, -0.2) is 24.9 Å². The van der Waals surface area contributed by atoms with Crippen molar-refractivity contribution < 1.29 is 5.11 Å². The molecular weight excluding hydrogens is 228 g/mol. The van der Waals surface area contributed by atoms with E-state index in [1.165, 1.54) is 0 Å². The van der Waals surface area contributed by atoms with Gasteiger partial charge in [-0.05, 0) is 39.2 Å². The third-order valence-electron chi connectivity index (χ3n) is 3.31. The number of hydrogen-bond donors (Lipinski definition) is 1. The van der Waals surface area contributed by atoms with Gasteiger partial charge in [0.1, 0.15) is 0 Å². The number of hydrogen-bond acceptors (Lipinski definition) is 4. The van der Waals surface area contributed by atoms with Crippen LogP contribution in [0.3, 0.4) is 0 Å². The molecule has 18 heavy (non-hydrogen) atoms. The maximum absolute atomic E-state index is 9.94. The molecule has 0 fully saturated rings. The fraction of sp³-hybridized carbons (Fsp3) is 0.462. The summed E-state index contributed by atoms with van der Waals surface area (Å²) in [5.41, 5.74) is 3.82. The van der Waals surface area contributed by atoms with Crippen molar-refractivity contribution in [3.05, 3.63) is 34.9 Å². The Morgan fingerprint density at radius 2 is 2.00 bits per heavy atom. The first-order valence-electron chi connectivity index (χ1n) is 6.22. The molecule has 2 heterocycles. The Labute approximate surface area is 106 Å². The molecule has 0 spiro atoms. The van der Waals surface area contributed by atoms with Crippen LogP contribution in [-0.2, 0) is 6.42 Å². The molecule has 5 nitrogen and oxygen atoms in total. The highest BCUT2D eigenvalue weighted by Gasteiger charge is 2.23. The number of aliphatic hydroxyl groups is 1. The summed E-state index contributed by atoms with van der Waals surface area (Å²) in [6, 6.07) is 1.94. The van der Waals surface area contributed by atoms with Crippen molar-refractivity contribution in [1.29, 1.82) is 0 Å². The number of aliphatic hydroxyl groups excluding tert-OH is 1. The maximum atomic E-state index is 9.94. The van der Waals surface area contributed by atoms with Crippen molar-refractivity contribution in [3.8, 4) is 5.95 Å². The summed E-state index contributed by atoms with van der Waals surface area (Å²) in [5, 5.41) is 14.3. The zero-order chi connectivity index (χ0) is 12.7. The average Bonchev–Trinajstić information content (AvgIpc) is 2.73.